The van der Waals surface area contributed by atoms with Gasteiger partial charge in [0.15, 0.2) is 0 Å². The van der Waals surface area contributed by atoms with E-state index in [1.54, 1.807) is 67.7 Å². The highest BCUT2D eigenvalue weighted by molar-refractivity contribution is 6.09. The zero-order valence-corrected chi connectivity index (χ0v) is 18.2. The number of nitrogens with two attached hydrogens (primary N) is 1. The quantitative estimate of drug-likeness (QED) is 0.356. The Balaban J connectivity index is 1.71. The fraction of sp³-hybridized carbons (Fsp3) is 0.154. The summed E-state index contributed by atoms with van der Waals surface area (Å²) >= 11 is 0. The van der Waals surface area contributed by atoms with E-state index in [0.29, 0.717) is 39.0 Å². The summed E-state index contributed by atoms with van der Waals surface area (Å²) in [6.07, 6.45) is 1.79. The smallest absolute Gasteiger partial charge is 0.310 e. The van der Waals surface area contributed by atoms with E-state index in [1.807, 2.05) is 6.07 Å². The Labute approximate surface area is 190 Å². The number of hydrogen-bond donors (Lipinski definition) is 3. The first-order valence-electron chi connectivity index (χ1n) is 10.7. The van der Waals surface area contributed by atoms with Crippen molar-refractivity contribution in [3.63, 3.8) is 0 Å². The van der Waals surface area contributed by atoms with Crippen LogP contribution in [-0.4, -0.2) is 23.5 Å². The van der Waals surface area contributed by atoms with Gasteiger partial charge in [0.1, 0.15) is 5.82 Å². The van der Waals surface area contributed by atoms with E-state index in [0.717, 1.165) is 5.39 Å². The van der Waals surface area contributed by atoms with Crippen LogP contribution in [0.4, 0.5) is 10.1 Å². The number of carbonyl (C=O) groups excluding carboxylic acids is 2. The van der Waals surface area contributed by atoms with Crippen LogP contribution < -0.4 is 11.1 Å². The van der Waals surface area contributed by atoms with Crippen LogP contribution in [0.3, 0.4) is 0 Å². The van der Waals surface area contributed by atoms with Gasteiger partial charge in [-0.15, -0.1) is 0 Å². The molecule has 3 aromatic carbocycles. The van der Waals surface area contributed by atoms with E-state index in [1.165, 1.54) is 0 Å². The van der Waals surface area contributed by atoms with Crippen molar-refractivity contribution in [1.29, 1.82) is 0 Å². The van der Waals surface area contributed by atoms with Gasteiger partial charge in [-0.2, -0.15) is 0 Å². The van der Waals surface area contributed by atoms with E-state index >= 15 is 4.39 Å². The lowest BCUT2D eigenvalue weighted by molar-refractivity contribution is -0.142. The summed E-state index contributed by atoms with van der Waals surface area (Å²) in [5.41, 5.74) is 9.26. The highest BCUT2D eigenvalue weighted by atomic mass is 19.1. The standard InChI is InChI=1S/C26H24FN3O3/c1-2-33-24(31)14-16-6-3-4-9-22(16)30-26(32)18-12-21(19-10-11-29-23(19)13-18)20-8-5-7-17(15-28)25(20)27/h3-13,29H,2,14-15,28H2,1H3,(H,30,32). The Morgan fingerprint density at radius 2 is 1.82 bits per heavy atom. The molecule has 1 heterocycles. The van der Waals surface area contributed by atoms with Crippen LogP contribution in [0, 0.1) is 5.82 Å². The number of aromatic nitrogens is 1. The van der Waals surface area contributed by atoms with Crippen LogP contribution in [-0.2, 0) is 22.5 Å². The molecule has 1 amide bonds. The molecular formula is C26H24FN3O3. The molecule has 0 saturated carbocycles. The number of anilines is 1. The molecule has 4 aromatic rings. The van der Waals surface area contributed by atoms with Gasteiger partial charge in [-0.1, -0.05) is 36.4 Å². The molecule has 0 aliphatic heterocycles. The molecule has 0 bridgehead atoms. The normalized spacial score (nSPS) is 10.9. The fourth-order valence-electron chi connectivity index (χ4n) is 3.82. The molecule has 0 unspecified atom stereocenters. The minimum Gasteiger partial charge on any atom is -0.466 e. The van der Waals surface area contributed by atoms with Gasteiger partial charge >= 0.3 is 5.97 Å². The molecule has 0 saturated heterocycles. The summed E-state index contributed by atoms with van der Waals surface area (Å²) in [5, 5.41) is 3.67. The molecule has 7 heteroatoms. The van der Waals surface area contributed by atoms with Crippen molar-refractivity contribution >= 4 is 28.5 Å². The van der Waals surface area contributed by atoms with E-state index < -0.39 is 5.82 Å². The van der Waals surface area contributed by atoms with Gasteiger partial charge in [-0.05, 0) is 42.3 Å². The summed E-state index contributed by atoms with van der Waals surface area (Å²) in [7, 11) is 0. The molecule has 6 nitrogen and oxygen atoms in total. The summed E-state index contributed by atoms with van der Waals surface area (Å²) in [4.78, 5) is 28.2. The fourth-order valence-corrected chi connectivity index (χ4v) is 3.82. The third-order valence-electron chi connectivity index (χ3n) is 5.43. The molecule has 33 heavy (non-hydrogen) atoms. The Kier molecular flexibility index (Phi) is 6.51. The van der Waals surface area contributed by atoms with Crippen LogP contribution in [0.25, 0.3) is 22.0 Å². The number of ether oxygens (including phenoxy) is 1. The number of fused-ring (bicyclic) bond motifs is 1. The maximum atomic E-state index is 15.1. The van der Waals surface area contributed by atoms with Crippen LogP contribution in [0.15, 0.2) is 66.9 Å². The number of benzene rings is 3. The van der Waals surface area contributed by atoms with Crippen molar-refractivity contribution in [3.8, 4) is 11.1 Å². The second kappa shape index (κ2) is 9.67. The van der Waals surface area contributed by atoms with Crippen LogP contribution >= 0.6 is 0 Å². The Hall–Kier alpha value is -3.97. The topological polar surface area (TPSA) is 97.2 Å². The van der Waals surface area contributed by atoms with Crippen LogP contribution in [0.5, 0.6) is 0 Å². The summed E-state index contributed by atoms with van der Waals surface area (Å²) < 4.78 is 20.1. The molecule has 4 rings (SSSR count). The van der Waals surface area contributed by atoms with Gasteiger partial charge in [0.2, 0.25) is 0 Å². The van der Waals surface area contributed by atoms with Crippen LogP contribution in [0.2, 0.25) is 0 Å². The van der Waals surface area contributed by atoms with Gasteiger partial charge in [-0.25, -0.2) is 4.39 Å². The van der Waals surface area contributed by atoms with Crippen LogP contribution in [0.1, 0.15) is 28.4 Å². The minimum atomic E-state index is -0.403. The molecule has 0 aliphatic carbocycles. The Bertz CT molecular complexity index is 1330. The van der Waals surface area contributed by atoms with Gasteiger partial charge in [0, 0.05) is 46.0 Å². The predicted molar refractivity (Wildman–Crippen MR) is 126 cm³/mol. The summed E-state index contributed by atoms with van der Waals surface area (Å²) in [5.74, 6) is -1.15. The first kappa shape index (κ1) is 22.2. The van der Waals surface area contributed by atoms with E-state index in [2.05, 4.69) is 10.3 Å². The van der Waals surface area contributed by atoms with Crippen molar-refractivity contribution in [2.45, 2.75) is 19.9 Å². The van der Waals surface area contributed by atoms with Gasteiger partial charge < -0.3 is 20.8 Å². The maximum Gasteiger partial charge on any atom is 0.310 e. The Morgan fingerprint density at radius 1 is 1.03 bits per heavy atom. The van der Waals surface area contributed by atoms with E-state index in [-0.39, 0.29) is 31.4 Å². The number of halogens is 1. The van der Waals surface area contributed by atoms with Gasteiger partial charge in [0.25, 0.3) is 5.91 Å². The van der Waals surface area contributed by atoms with E-state index in [4.69, 9.17) is 10.5 Å². The first-order chi connectivity index (χ1) is 16.0. The maximum absolute atomic E-state index is 15.1. The second-order valence-corrected chi connectivity index (χ2v) is 7.54. The number of H-pyrrole nitrogens is 1. The molecule has 0 aliphatic rings. The highest BCUT2D eigenvalue weighted by Gasteiger charge is 2.17. The SMILES string of the molecule is CCOC(=O)Cc1ccccc1NC(=O)c1cc(-c2cccc(CN)c2F)c2cc[nH]c2c1. The zero-order valence-electron chi connectivity index (χ0n) is 18.2. The number of para-hydroxylation sites is 1. The van der Waals surface area contributed by atoms with Gasteiger partial charge in [-0.3, -0.25) is 9.59 Å². The molecule has 168 valence electrons. The lowest BCUT2D eigenvalue weighted by Gasteiger charge is -2.13. The summed E-state index contributed by atoms with van der Waals surface area (Å²) in [6.45, 7) is 2.10. The highest BCUT2D eigenvalue weighted by Crippen LogP contribution is 2.33. The Morgan fingerprint density at radius 3 is 2.61 bits per heavy atom. The van der Waals surface area contributed by atoms with Crippen molar-refractivity contribution in [2.75, 3.05) is 11.9 Å². The molecule has 0 fully saturated rings. The van der Waals surface area contributed by atoms with Crippen molar-refractivity contribution in [1.82, 2.24) is 4.98 Å². The molecule has 4 N–H and O–H groups in total. The predicted octanol–water partition coefficient (Wildman–Crippen LogP) is 4.79. The molecule has 0 spiro atoms. The number of amides is 1. The number of nitrogens with one attached hydrogen (secondary N) is 2. The minimum absolute atomic E-state index is 0.0439. The average Bonchev–Trinajstić information content (AvgIpc) is 3.29. The third-order valence-corrected chi connectivity index (χ3v) is 5.43. The monoisotopic (exact) mass is 445 g/mol. The van der Waals surface area contributed by atoms with Crippen molar-refractivity contribution in [3.05, 3.63) is 89.4 Å². The molecular weight excluding hydrogens is 421 g/mol. The molecule has 1 aromatic heterocycles. The number of esters is 1. The first-order valence-corrected chi connectivity index (χ1v) is 10.7. The second-order valence-electron chi connectivity index (χ2n) is 7.54. The lowest BCUT2D eigenvalue weighted by Crippen LogP contribution is -2.15. The van der Waals surface area contributed by atoms with E-state index in [9.17, 15) is 9.59 Å². The lowest BCUT2D eigenvalue weighted by atomic mass is 9.96. The molecule has 0 atom stereocenters. The number of rotatable bonds is 7. The molecule has 0 radical (unpaired) electrons. The summed E-state index contributed by atoms with van der Waals surface area (Å²) in [6, 6.07) is 17.3. The van der Waals surface area contributed by atoms with Crippen molar-refractivity contribution < 1.29 is 18.7 Å². The zero-order chi connectivity index (χ0) is 23.4. The average molecular weight is 445 g/mol. The number of aromatic amines is 1. The third kappa shape index (κ3) is 4.63. The van der Waals surface area contributed by atoms with Gasteiger partial charge in [0.05, 0.1) is 13.0 Å². The number of carbonyl (C=O) groups is 2. The largest absolute Gasteiger partial charge is 0.466 e. The van der Waals surface area contributed by atoms with Crippen molar-refractivity contribution in [2.24, 2.45) is 5.73 Å². The number of hydrogen-bond acceptors (Lipinski definition) is 4.